The lowest BCUT2D eigenvalue weighted by atomic mass is 9.85. The van der Waals surface area contributed by atoms with Crippen LogP contribution in [0.2, 0.25) is 0 Å². The van der Waals surface area contributed by atoms with E-state index in [1.807, 2.05) is 66.7 Å². The molecule has 0 bridgehead atoms. The first-order valence-corrected chi connectivity index (χ1v) is 10.2. The van der Waals surface area contributed by atoms with E-state index in [1.54, 1.807) is 24.3 Å². The maximum Gasteiger partial charge on any atom is 0.229 e. The normalized spacial score (nSPS) is 12.5. The minimum absolute atomic E-state index is 0.0517. The molecule has 1 aliphatic carbocycles. The number of hydrogen-bond acceptors (Lipinski definition) is 5. The number of nitrogens with zero attached hydrogens (tertiary/aromatic N) is 1. The zero-order valence-corrected chi connectivity index (χ0v) is 16.8. The molecule has 0 spiro atoms. The van der Waals surface area contributed by atoms with Crippen LogP contribution in [0.1, 0.15) is 32.0 Å². The van der Waals surface area contributed by atoms with Gasteiger partial charge in [-0.2, -0.15) is 0 Å². The number of furan rings is 1. The molecule has 2 heterocycles. The van der Waals surface area contributed by atoms with Crippen molar-refractivity contribution in [3.8, 4) is 11.1 Å². The van der Waals surface area contributed by atoms with Crippen molar-refractivity contribution in [3.05, 3.63) is 113 Å². The molecular weight excluding hydrogens is 400 g/mol. The summed E-state index contributed by atoms with van der Waals surface area (Å²) in [7, 11) is 0. The third-order valence-electron chi connectivity index (χ3n) is 5.66. The molecular formula is C27H16N2O3. The number of ketones is 2. The molecule has 2 aromatic heterocycles. The number of aromatic nitrogens is 1. The number of para-hydroxylation sites is 1. The Morgan fingerprint density at radius 2 is 1.34 bits per heavy atom. The van der Waals surface area contributed by atoms with Gasteiger partial charge in [-0.25, -0.2) is 4.98 Å². The van der Waals surface area contributed by atoms with E-state index in [1.165, 1.54) is 0 Å². The van der Waals surface area contributed by atoms with Crippen molar-refractivity contribution in [1.29, 1.82) is 0 Å². The quantitative estimate of drug-likeness (QED) is 0.382. The first-order valence-electron chi connectivity index (χ1n) is 10.2. The van der Waals surface area contributed by atoms with Crippen LogP contribution in [-0.4, -0.2) is 16.6 Å². The van der Waals surface area contributed by atoms with Crippen LogP contribution in [0.15, 0.2) is 95.4 Å². The molecule has 0 unspecified atom stereocenters. The fourth-order valence-electron chi connectivity index (χ4n) is 4.16. The van der Waals surface area contributed by atoms with E-state index < -0.39 is 0 Å². The van der Waals surface area contributed by atoms with Crippen LogP contribution in [0.5, 0.6) is 0 Å². The molecule has 0 fully saturated rings. The molecule has 1 aliphatic rings. The van der Waals surface area contributed by atoms with Crippen molar-refractivity contribution in [3.63, 3.8) is 0 Å². The smallest absolute Gasteiger partial charge is 0.229 e. The summed E-state index contributed by atoms with van der Waals surface area (Å²) in [6.45, 7) is 0. The van der Waals surface area contributed by atoms with Gasteiger partial charge in [0.05, 0.1) is 16.6 Å². The van der Waals surface area contributed by atoms with Crippen LogP contribution in [-0.2, 0) is 0 Å². The van der Waals surface area contributed by atoms with E-state index in [0.29, 0.717) is 28.4 Å². The summed E-state index contributed by atoms with van der Waals surface area (Å²) in [4.78, 5) is 31.3. The fourth-order valence-corrected chi connectivity index (χ4v) is 4.16. The predicted octanol–water partition coefficient (Wildman–Crippen LogP) is 6.01. The number of anilines is 2. The number of benzene rings is 3. The van der Waals surface area contributed by atoms with E-state index in [9.17, 15) is 9.59 Å². The monoisotopic (exact) mass is 416 g/mol. The van der Waals surface area contributed by atoms with Gasteiger partial charge in [0, 0.05) is 16.5 Å². The molecule has 5 heteroatoms. The number of nitrogens with one attached hydrogen (secondary N) is 1. The third kappa shape index (κ3) is 2.76. The van der Waals surface area contributed by atoms with Crippen molar-refractivity contribution in [2.45, 2.75) is 0 Å². The molecule has 6 rings (SSSR count). The summed E-state index contributed by atoms with van der Waals surface area (Å²) in [6.07, 6.45) is 0. The Labute approximate surface area is 183 Å². The van der Waals surface area contributed by atoms with Gasteiger partial charge in [0.1, 0.15) is 5.82 Å². The minimum Gasteiger partial charge on any atom is -0.435 e. The minimum atomic E-state index is -0.299. The predicted molar refractivity (Wildman–Crippen MR) is 122 cm³/mol. The van der Waals surface area contributed by atoms with Crippen LogP contribution in [0, 0.1) is 0 Å². The number of carbonyl (C=O) groups is 2. The highest BCUT2D eigenvalue weighted by atomic mass is 16.4. The van der Waals surface area contributed by atoms with Crippen molar-refractivity contribution in [1.82, 2.24) is 4.98 Å². The Balaban J connectivity index is 1.55. The molecule has 0 aliphatic heterocycles. The molecule has 1 N–H and O–H groups in total. The Morgan fingerprint density at radius 3 is 2.16 bits per heavy atom. The first-order chi connectivity index (χ1) is 15.7. The molecule has 0 atom stereocenters. The highest BCUT2D eigenvalue weighted by molar-refractivity contribution is 6.30. The molecule has 5 nitrogen and oxygen atoms in total. The van der Waals surface area contributed by atoms with Gasteiger partial charge in [-0.1, -0.05) is 72.8 Å². The molecule has 152 valence electrons. The van der Waals surface area contributed by atoms with Gasteiger partial charge in [-0.15, -0.1) is 0 Å². The van der Waals surface area contributed by atoms with E-state index >= 15 is 0 Å². The highest BCUT2D eigenvalue weighted by Crippen LogP contribution is 2.42. The van der Waals surface area contributed by atoms with Gasteiger partial charge in [-0.05, 0) is 23.8 Å². The van der Waals surface area contributed by atoms with Gasteiger partial charge in [0.2, 0.25) is 11.7 Å². The van der Waals surface area contributed by atoms with Crippen LogP contribution < -0.4 is 5.32 Å². The number of rotatable bonds is 3. The third-order valence-corrected chi connectivity index (χ3v) is 5.66. The SMILES string of the molecule is O=C1c2ccccc2C(=O)c2c1oc(Nc1ccc3ccccc3n1)c2-c1ccccc1. The summed E-state index contributed by atoms with van der Waals surface area (Å²) < 4.78 is 6.03. The molecule has 3 aromatic carbocycles. The van der Waals surface area contributed by atoms with Gasteiger partial charge < -0.3 is 9.73 Å². The van der Waals surface area contributed by atoms with Crippen LogP contribution >= 0.6 is 0 Å². The summed E-state index contributed by atoms with van der Waals surface area (Å²) in [5.74, 6) is 0.406. The summed E-state index contributed by atoms with van der Waals surface area (Å²) in [5.41, 5.74) is 3.19. The second-order valence-electron chi connectivity index (χ2n) is 7.59. The van der Waals surface area contributed by atoms with E-state index in [4.69, 9.17) is 4.42 Å². The molecule has 32 heavy (non-hydrogen) atoms. The number of hydrogen-bond donors (Lipinski definition) is 1. The van der Waals surface area contributed by atoms with Crippen LogP contribution in [0.25, 0.3) is 22.0 Å². The second kappa shape index (κ2) is 7.03. The van der Waals surface area contributed by atoms with E-state index in [2.05, 4.69) is 10.3 Å². The van der Waals surface area contributed by atoms with Crippen molar-refractivity contribution in [2.24, 2.45) is 0 Å². The van der Waals surface area contributed by atoms with E-state index in [-0.39, 0.29) is 22.9 Å². The summed E-state index contributed by atoms with van der Waals surface area (Å²) >= 11 is 0. The second-order valence-corrected chi connectivity index (χ2v) is 7.59. The lowest BCUT2D eigenvalue weighted by Crippen LogP contribution is -2.19. The molecule has 0 saturated carbocycles. The maximum atomic E-state index is 13.4. The van der Waals surface area contributed by atoms with Gasteiger partial charge in [-0.3, -0.25) is 9.59 Å². The zero-order chi connectivity index (χ0) is 21.7. The number of carbonyl (C=O) groups excluding carboxylic acids is 2. The largest absolute Gasteiger partial charge is 0.435 e. The Kier molecular flexibility index (Phi) is 4.01. The van der Waals surface area contributed by atoms with Crippen molar-refractivity contribution >= 4 is 34.2 Å². The van der Waals surface area contributed by atoms with Gasteiger partial charge in [0.25, 0.3) is 0 Å². The maximum absolute atomic E-state index is 13.4. The molecule has 0 saturated heterocycles. The van der Waals surface area contributed by atoms with Crippen LogP contribution in [0.4, 0.5) is 11.7 Å². The zero-order valence-electron chi connectivity index (χ0n) is 16.8. The standard InChI is InChI=1S/C27H16N2O3/c30-24-18-11-5-6-12-19(18)25(31)26-23(24)22(17-9-2-1-3-10-17)27(32-26)29-21-15-14-16-8-4-7-13-20(16)28-21/h1-15H,(H,28,29). The number of fused-ring (bicyclic) bond motifs is 3. The average Bonchev–Trinajstić information content (AvgIpc) is 3.22. The average molecular weight is 416 g/mol. The highest BCUT2D eigenvalue weighted by Gasteiger charge is 2.37. The molecule has 5 aromatic rings. The number of pyridine rings is 1. The lowest BCUT2D eigenvalue weighted by molar-refractivity contribution is 0.0961. The molecule has 0 radical (unpaired) electrons. The topological polar surface area (TPSA) is 72.2 Å². The van der Waals surface area contributed by atoms with Gasteiger partial charge >= 0.3 is 0 Å². The van der Waals surface area contributed by atoms with Crippen LogP contribution in [0.3, 0.4) is 0 Å². The summed E-state index contributed by atoms with van der Waals surface area (Å²) in [5, 5.41) is 4.22. The summed E-state index contributed by atoms with van der Waals surface area (Å²) in [6, 6.07) is 27.9. The Hall–Kier alpha value is -4.51. The van der Waals surface area contributed by atoms with Gasteiger partial charge in [0.15, 0.2) is 11.5 Å². The first kappa shape index (κ1) is 18.3. The Bertz CT molecular complexity index is 1530. The van der Waals surface area contributed by atoms with Crippen molar-refractivity contribution < 1.29 is 14.0 Å². The Morgan fingerprint density at radius 1 is 0.656 bits per heavy atom. The molecule has 0 amide bonds. The fraction of sp³-hybridized carbons (Fsp3) is 0. The van der Waals surface area contributed by atoms with Crippen molar-refractivity contribution in [2.75, 3.05) is 5.32 Å². The lowest BCUT2D eigenvalue weighted by Gasteiger charge is -2.13. The van der Waals surface area contributed by atoms with E-state index in [0.717, 1.165) is 16.5 Å².